The Bertz CT molecular complexity index is 678. The molecule has 1 aromatic carbocycles. The van der Waals surface area contributed by atoms with Crippen molar-refractivity contribution < 1.29 is 10.0 Å². The van der Waals surface area contributed by atoms with Gasteiger partial charge in [-0.1, -0.05) is 57.5 Å². The van der Waals surface area contributed by atoms with Crippen molar-refractivity contribution in [2.45, 2.75) is 70.4 Å². The number of hydrogen-bond donors (Lipinski definition) is 1. The first-order chi connectivity index (χ1) is 13.2. The van der Waals surface area contributed by atoms with E-state index in [1.165, 1.54) is 5.56 Å². The zero-order valence-corrected chi connectivity index (χ0v) is 18.2. The summed E-state index contributed by atoms with van der Waals surface area (Å²) in [7, 11) is 4.28. The largest absolute Gasteiger partial charge is 0.344 e. The quantitative estimate of drug-likeness (QED) is 0.719. The highest BCUT2D eigenvalue weighted by atomic mass is 16.5. The Kier molecular flexibility index (Phi) is 5.79. The van der Waals surface area contributed by atoms with Gasteiger partial charge in [0.2, 0.25) is 0 Å². The molecule has 1 aromatic rings. The van der Waals surface area contributed by atoms with Crippen LogP contribution in [0.3, 0.4) is 0 Å². The summed E-state index contributed by atoms with van der Waals surface area (Å²) in [4.78, 5) is 17.0. The first kappa shape index (κ1) is 21.1. The predicted molar refractivity (Wildman–Crippen MR) is 112 cm³/mol. The molecular weight excluding hydrogens is 350 g/mol. The Morgan fingerprint density at radius 2 is 1.71 bits per heavy atom. The van der Waals surface area contributed by atoms with Gasteiger partial charge >= 0.3 is 6.03 Å². The lowest BCUT2D eigenvalue weighted by atomic mass is 9.68. The van der Waals surface area contributed by atoms with Crippen LogP contribution in [0.5, 0.6) is 0 Å². The Balaban J connectivity index is 1.78. The van der Waals surface area contributed by atoms with Crippen molar-refractivity contribution >= 4 is 6.03 Å². The summed E-state index contributed by atoms with van der Waals surface area (Å²) in [5.74, 6) is 0. The molecule has 2 aliphatic rings. The van der Waals surface area contributed by atoms with Gasteiger partial charge in [0.25, 0.3) is 0 Å². The summed E-state index contributed by atoms with van der Waals surface area (Å²) < 4.78 is 0. The van der Waals surface area contributed by atoms with Crippen LogP contribution in [0, 0.1) is 5.41 Å². The van der Waals surface area contributed by atoms with E-state index < -0.39 is 5.54 Å². The van der Waals surface area contributed by atoms with Gasteiger partial charge in [-0.15, -0.1) is 0 Å². The molecule has 5 heteroatoms. The Hall–Kier alpha value is -1.59. The molecule has 1 N–H and O–H groups in total. The van der Waals surface area contributed by atoms with E-state index in [1.54, 1.807) is 0 Å². The zero-order chi connectivity index (χ0) is 20.6. The zero-order valence-electron chi connectivity index (χ0n) is 18.2. The summed E-state index contributed by atoms with van der Waals surface area (Å²) in [6.45, 7) is 7.94. The highest BCUT2D eigenvalue weighted by Crippen LogP contribution is 2.48. The second-order valence-electron chi connectivity index (χ2n) is 9.88. The van der Waals surface area contributed by atoms with Crippen molar-refractivity contribution in [2.75, 3.05) is 27.2 Å². The number of carbonyl (C=O) groups excluding carboxylic acids is 1. The van der Waals surface area contributed by atoms with Gasteiger partial charge in [0.1, 0.15) is 0 Å². The van der Waals surface area contributed by atoms with Crippen LogP contribution in [0.4, 0.5) is 4.79 Å². The fourth-order valence-corrected chi connectivity index (χ4v) is 5.46. The average molecular weight is 388 g/mol. The van der Waals surface area contributed by atoms with Crippen molar-refractivity contribution in [3.63, 3.8) is 0 Å². The molecule has 28 heavy (non-hydrogen) atoms. The maximum Gasteiger partial charge on any atom is 0.344 e. The molecule has 0 radical (unpaired) electrons. The van der Waals surface area contributed by atoms with Crippen molar-refractivity contribution in [3.05, 3.63) is 35.9 Å². The minimum atomic E-state index is -0.451. The average Bonchev–Trinajstić information content (AvgIpc) is 2.87. The number of hydrogen-bond acceptors (Lipinski definition) is 3. The van der Waals surface area contributed by atoms with E-state index in [4.69, 9.17) is 0 Å². The molecule has 3 rings (SSSR count). The molecule has 156 valence electrons. The Morgan fingerprint density at radius 1 is 1.11 bits per heavy atom. The number of benzene rings is 1. The standard InChI is InChI=1S/C23H37N3O2/c1-6-12-21(2,3)17-25-18-22(26(28)20(25)27)13-15-23(16-14-22,24(4)5)19-10-8-7-9-11-19/h7-11,28H,6,12-18H2,1-5H3. The van der Waals surface area contributed by atoms with Crippen LogP contribution in [0.15, 0.2) is 30.3 Å². The third-order valence-electron chi connectivity index (χ3n) is 7.11. The smallest absolute Gasteiger partial charge is 0.320 e. The van der Waals surface area contributed by atoms with Gasteiger partial charge in [0.15, 0.2) is 0 Å². The molecule has 0 bridgehead atoms. The number of amides is 2. The molecule has 1 spiro atoms. The molecule has 1 aliphatic carbocycles. The van der Waals surface area contributed by atoms with Gasteiger partial charge in [-0.2, -0.15) is 5.06 Å². The molecule has 0 atom stereocenters. The van der Waals surface area contributed by atoms with Crippen LogP contribution in [0.2, 0.25) is 0 Å². The lowest BCUT2D eigenvalue weighted by Gasteiger charge is -2.49. The van der Waals surface area contributed by atoms with E-state index in [9.17, 15) is 10.0 Å². The molecule has 1 saturated heterocycles. The number of urea groups is 1. The molecule has 2 fully saturated rings. The lowest BCUT2D eigenvalue weighted by Crippen LogP contribution is -2.54. The highest BCUT2D eigenvalue weighted by molar-refractivity contribution is 5.77. The van der Waals surface area contributed by atoms with Crippen LogP contribution in [-0.2, 0) is 5.54 Å². The number of hydroxylamine groups is 2. The van der Waals surface area contributed by atoms with E-state index in [0.29, 0.717) is 13.1 Å². The predicted octanol–water partition coefficient (Wildman–Crippen LogP) is 4.71. The molecular formula is C23H37N3O2. The van der Waals surface area contributed by atoms with Crippen molar-refractivity contribution in [1.82, 2.24) is 14.9 Å². The second kappa shape index (κ2) is 7.68. The van der Waals surface area contributed by atoms with Gasteiger partial charge in [0.05, 0.1) is 5.54 Å². The van der Waals surface area contributed by atoms with E-state index in [2.05, 4.69) is 70.1 Å². The number of nitrogens with zero attached hydrogens (tertiary/aromatic N) is 3. The third-order valence-corrected chi connectivity index (χ3v) is 7.11. The van der Waals surface area contributed by atoms with Gasteiger partial charge < -0.3 is 4.90 Å². The van der Waals surface area contributed by atoms with E-state index >= 15 is 0 Å². The maximum absolute atomic E-state index is 12.8. The SMILES string of the molecule is CCCC(C)(C)CN1CC2(CCC(c3ccccc3)(N(C)C)CC2)N(O)C1=O. The van der Waals surface area contributed by atoms with Crippen molar-refractivity contribution in [2.24, 2.45) is 5.41 Å². The van der Waals surface area contributed by atoms with Gasteiger partial charge in [-0.25, -0.2) is 4.79 Å². The van der Waals surface area contributed by atoms with Gasteiger partial charge in [-0.3, -0.25) is 10.1 Å². The normalized spacial score (nSPS) is 28.6. The monoisotopic (exact) mass is 387 g/mol. The van der Waals surface area contributed by atoms with Crippen molar-refractivity contribution in [3.8, 4) is 0 Å². The fourth-order valence-electron chi connectivity index (χ4n) is 5.46. The summed E-state index contributed by atoms with van der Waals surface area (Å²) in [5.41, 5.74) is 0.909. The minimum absolute atomic E-state index is 0.0364. The van der Waals surface area contributed by atoms with Crippen LogP contribution < -0.4 is 0 Å². The molecule has 0 aromatic heterocycles. The molecule has 1 aliphatic heterocycles. The maximum atomic E-state index is 12.8. The fraction of sp³-hybridized carbons (Fsp3) is 0.696. The molecule has 1 heterocycles. The molecule has 0 unspecified atom stereocenters. The third kappa shape index (κ3) is 3.67. The Morgan fingerprint density at radius 3 is 2.25 bits per heavy atom. The summed E-state index contributed by atoms with van der Waals surface area (Å²) in [6, 6.07) is 10.4. The van der Waals surface area contributed by atoms with E-state index in [-0.39, 0.29) is 17.0 Å². The molecule has 1 saturated carbocycles. The number of carbonyl (C=O) groups is 1. The van der Waals surface area contributed by atoms with Crippen LogP contribution in [-0.4, -0.2) is 58.8 Å². The Labute approximate surface area is 170 Å². The first-order valence-electron chi connectivity index (χ1n) is 10.7. The van der Waals surface area contributed by atoms with E-state index in [0.717, 1.165) is 43.6 Å². The van der Waals surface area contributed by atoms with E-state index in [1.807, 2.05) is 4.90 Å². The lowest BCUT2D eigenvalue weighted by molar-refractivity contribution is -0.129. The molecule has 5 nitrogen and oxygen atoms in total. The summed E-state index contributed by atoms with van der Waals surface area (Å²) in [6.07, 6.45) is 5.67. The van der Waals surface area contributed by atoms with Crippen molar-refractivity contribution in [1.29, 1.82) is 0 Å². The van der Waals surface area contributed by atoms with Crippen LogP contribution in [0.25, 0.3) is 0 Å². The van der Waals surface area contributed by atoms with Gasteiger partial charge in [0, 0.05) is 18.6 Å². The van der Waals surface area contributed by atoms with Crippen LogP contribution in [0.1, 0.15) is 64.9 Å². The summed E-state index contributed by atoms with van der Waals surface area (Å²) in [5, 5.41) is 11.8. The first-order valence-corrected chi connectivity index (χ1v) is 10.7. The van der Waals surface area contributed by atoms with Crippen LogP contribution >= 0.6 is 0 Å². The van der Waals surface area contributed by atoms with Gasteiger partial charge in [-0.05, 0) is 57.2 Å². The number of rotatable bonds is 6. The minimum Gasteiger partial charge on any atom is -0.320 e. The molecule has 2 amide bonds. The summed E-state index contributed by atoms with van der Waals surface area (Å²) >= 11 is 0. The second-order valence-corrected chi connectivity index (χ2v) is 9.88. The highest BCUT2D eigenvalue weighted by Gasteiger charge is 2.55. The topological polar surface area (TPSA) is 47.0 Å².